The van der Waals surface area contributed by atoms with Crippen LogP contribution < -0.4 is 10.6 Å². The van der Waals surface area contributed by atoms with E-state index >= 15 is 0 Å². The minimum absolute atomic E-state index is 0.0177. The van der Waals surface area contributed by atoms with Gasteiger partial charge in [-0.2, -0.15) is 0 Å². The fourth-order valence-corrected chi connectivity index (χ4v) is 2.16. The van der Waals surface area contributed by atoms with E-state index in [1.165, 1.54) is 24.3 Å². The minimum atomic E-state index is -0.461. The highest BCUT2D eigenvalue weighted by Crippen LogP contribution is 2.16. The number of nitrogens with one attached hydrogen (secondary N) is 2. The summed E-state index contributed by atoms with van der Waals surface area (Å²) in [6.45, 7) is 1.90. The van der Waals surface area contributed by atoms with E-state index in [1.54, 1.807) is 24.3 Å². The summed E-state index contributed by atoms with van der Waals surface area (Å²) in [6, 6.07) is 12.0. The van der Waals surface area contributed by atoms with E-state index in [1.807, 2.05) is 6.92 Å². The van der Waals surface area contributed by atoms with Crippen molar-refractivity contribution in [1.29, 1.82) is 0 Å². The van der Waals surface area contributed by atoms with Crippen molar-refractivity contribution in [3.8, 4) is 0 Å². The second-order valence-electron chi connectivity index (χ2n) is 4.68. The number of thiocarbonyl (C=S) groups is 1. The normalized spacial score (nSPS) is 11.5. The molecule has 0 aliphatic carbocycles. The van der Waals surface area contributed by atoms with Crippen molar-refractivity contribution in [2.45, 2.75) is 13.0 Å². The maximum atomic E-state index is 12.9. The van der Waals surface area contributed by atoms with Crippen molar-refractivity contribution in [3.63, 3.8) is 0 Å². The molecule has 0 fully saturated rings. The van der Waals surface area contributed by atoms with Crippen LogP contribution >= 0.6 is 12.2 Å². The molecule has 2 rings (SSSR count). The molecule has 0 aliphatic rings. The first-order chi connectivity index (χ1) is 10.5. The molecule has 22 heavy (non-hydrogen) atoms. The van der Waals surface area contributed by atoms with Gasteiger partial charge in [0.25, 0.3) is 5.69 Å². The van der Waals surface area contributed by atoms with Crippen molar-refractivity contribution in [1.82, 2.24) is 5.32 Å². The first-order valence-electron chi connectivity index (χ1n) is 6.53. The van der Waals surface area contributed by atoms with Crippen molar-refractivity contribution < 1.29 is 9.31 Å². The van der Waals surface area contributed by atoms with Gasteiger partial charge in [-0.05, 0) is 49.0 Å². The third-order valence-corrected chi connectivity index (χ3v) is 3.27. The number of anilines is 1. The topological polar surface area (TPSA) is 67.2 Å². The van der Waals surface area contributed by atoms with Gasteiger partial charge in [0.2, 0.25) is 0 Å². The van der Waals surface area contributed by atoms with Gasteiger partial charge >= 0.3 is 0 Å². The molecule has 0 bridgehead atoms. The van der Waals surface area contributed by atoms with E-state index in [2.05, 4.69) is 10.6 Å². The Hall–Kier alpha value is -2.54. The largest absolute Gasteiger partial charge is 0.356 e. The van der Waals surface area contributed by atoms with Crippen LogP contribution in [0.25, 0.3) is 0 Å². The van der Waals surface area contributed by atoms with E-state index in [0.717, 1.165) is 5.56 Å². The zero-order chi connectivity index (χ0) is 16.1. The summed E-state index contributed by atoms with van der Waals surface area (Å²) < 4.78 is 12.9. The highest BCUT2D eigenvalue weighted by atomic mass is 32.1. The third kappa shape index (κ3) is 4.23. The van der Waals surface area contributed by atoms with Gasteiger partial charge in [0.15, 0.2) is 5.11 Å². The Morgan fingerprint density at radius 2 is 1.77 bits per heavy atom. The number of rotatable bonds is 4. The lowest BCUT2D eigenvalue weighted by molar-refractivity contribution is -0.384. The predicted octanol–water partition coefficient (Wildman–Crippen LogP) is 3.78. The molecule has 7 heteroatoms. The van der Waals surface area contributed by atoms with Gasteiger partial charge < -0.3 is 10.6 Å². The lowest BCUT2D eigenvalue weighted by atomic mass is 10.1. The summed E-state index contributed by atoms with van der Waals surface area (Å²) in [6.07, 6.45) is 0. The van der Waals surface area contributed by atoms with Crippen molar-refractivity contribution in [2.24, 2.45) is 0 Å². The van der Waals surface area contributed by atoms with Crippen LogP contribution in [0.5, 0.6) is 0 Å². The Morgan fingerprint density at radius 3 is 2.32 bits per heavy atom. The number of benzene rings is 2. The summed E-state index contributed by atoms with van der Waals surface area (Å²) in [7, 11) is 0. The minimum Gasteiger partial charge on any atom is -0.356 e. The number of hydrogen-bond acceptors (Lipinski definition) is 3. The van der Waals surface area contributed by atoms with Crippen LogP contribution in [0.2, 0.25) is 0 Å². The maximum absolute atomic E-state index is 12.9. The van der Waals surface area contributed by atoms with Gasteiger partial charge in [-0.15, -0.1) is 0 Å². The summed E-state index contributed by atoms with van der Waals surface area (Å²) in [5.74, 6) is -0.289. The fraction of sp³-hybridized carbons (Fsp3) is 0.133. The third-order valence-electron chi connectivity index (χ3n) is 3.05. The number of halogens is 1. The van der Waals surface area contributed by atoms with Gasteiger partial charge in [0.1, 0.15) is 5.82 Å². The molecule has 0 unspecified atom stereocenters. The van der Waals surface area contributed by atoms with Crippen LogP contribution in [-0.4, -0.2) is 10.0 Å². The molecule has 0 saturated heterocycles. The first-order valence-corrected chi connectivity index (χ1v) is 6.94. The zero-order valence-corrected chi connectivity index (χ0v) is 12.6. The Kier molecular flexibility index (Phi) is 5.00. The molecule has 0 radical (unpaired) electrons. The van der Waals surface area contributed by atoms with E-state index in [4.69, 9.17) is 12.2 Å². The van der Waals surface area contributed by atoms with Crippen LogP contribution in [0, 0.1) is 15.9 Å². The second-order valence-corrected chi connectivity index (χ2v) is 5.08. The summed E-state index contributed by atoms with van der Waals surface area (Å²) in [5.41, 5.74) is 1.56. The van der Waals surface area contributed by atoms with Gasteiger partial charge in [-0.3, -0.25) is 10.1 Å². The van der Waals surface area contributed by atoms with E-state index in [9.17, 15) is 14.5 Å². The summed E-state index contributed by atoms with van der Waals surface area (Å²) in [5, 5.41) is 17.0. The number of nitrogens with zero attached hydrogens (tertiary/aromatic N) is 1. The lowest BCUT2D eigenvalue weighted by Crippen LogP contribution is -2.30. The molecule has 0 aromatic heterocycles. The standard InChI is InChI=1S/C15H14FN3O2S/c1-10(11-2-4-12(16)5-3-11)17-15(22)18-13-6-8-14(9-7-13)19(20)21/h2-10H,1H3,(H2,17,18,22)/t10-/m1/s1. The van der Waals surface area contributed by atoms with E-state index in [0.29, 0.717) is 10.8 Å². The molecule has 0 heterocycles. The first kappa shape index (κ1) is 15.8. The number of hydrogen-bond donors (Lipinski definition) is 2. The number of non-ortho nitro benzene ring substituents is 1. The molecule has 0 aliphatic heterocycles. The fourth-order valence-electron chi connectivity index (χ4n) is 1.87. The Bertz CT molecular complexity index is 674. The Morgan fingerprint density at radius 1 is 1.18 bits per heavy atom. The highest BCUT2D eigenvalue weighted by Gasteiger charge is 2.08. The van der Waals surface area contributed by atoms with Gasteiger partial charge in [-0.25, -0.2) is 4.39 Å². The Labute approximate surface area is 132 Å². The van der Waals surface area contributed by atoms with Gasteiger partial charge in [0.05, 0.1) is 11.0 Å². The lowest BCUT2D eigenvalue weighted by Gasteiger charge is -2.17. The second kappa shape index (κ2) is 6.95. The molecule has 5 nitrogen and oxygen atoms in total. The molecule has 0 spiro atoms. The quantitative estimate of drug-likeness (QED) is 0.510. The van der Waals surface area contributed by atoms with Gasteiger partial charge in [-0.1, -0.05) is 12.1 Å². The average molecular weight is 319 g/mol. The molecular formula is C15H14FN3O2S. The molecule has 0 saturated carbocycles. The summed E-state index contributed by atoms with van der Waals surface area (Å²) in [4.78, 5) is 10.1. The maximum Gasteiger partial charge on any atom is 0.269 e. The highest BCUT2D eigenvalue weighted by molar-refractivity contribution is 7.80. The number of nitro groups is 1. The average Bonchev–Trinajstić information content (AvgIpc) is 2.48. The Balaban J connectivity index is 1.94. The van der Waals surface area contributed by atoms with Crippen molar-refractivity contribution in [3.05, 3.63) is 70.0 Å². The van der Waals surface area contributed by atoms with Crippen LogP contribution in [0.4, 0.5) is 15.8 Å². The van der Waals surface area contributed by atoms with Gasteiger partial charge in [0, 0.05) is 17.8 Å². The van der Waals surface area contributed by atoms with Crippen LogP contribution in [0.1, 0.15) is 18.5 Å². The SMILES string of the molecule is C[C@@H](NC(=S)Nc1ccc([N+](=O)[O-])cc1)c1ccc(F)cc1. The molecule has 114 valence electrons. The number of nitro benzene ring substituents is 1. The van der Waals surface area contributed by atoms with Crippen LogP contribution in [0.15, 0.2) is 48.5 Å². The van der Waals surface area contributed by atoms with E-state index in [-0.39, 0.29) is 17.5 Å². The molecule has 0 amide bonds. The smallest absolute Gasteiger partial charge is 0.269 e. The molecule has 2 N–H and O–H groups in total. The molecule has 2 aromatic rings. The van der Waals surface area contributed by atoms with Crippen LogP contribution in [0.3, 0.4) is 0 Å². The zero-order valence-electron chi connectivity index (χ0n) is 11.7. The van der Waals surface area contributed by atoms with Crippen molar-refractivity contribution in [2.75, 3.05) is 5.32 Å². The van der Waals surface area contributed by atoms with Crippen LogP contribution in [-0.2, 0) is 0 Å². The molecule has 2 aromatic carbocycles. The van der Waals surface area contributed by atoms with Crippen molar-refractivity contribution >= 4 is 28.7 Å². The molecule has 1 atom stereocenters. The molecular weight excluding hydrogens is 305 g/mol. The monoisotopic (exact) mass is 319 g/mol. The van der Waals surface area contributed by atoms with E-state index < -0.39 is 4.92 Å². The summed E-state index contributed by atoms with van der Waals surface area (Å²) >= 11 is 5.19. The predicted molar refractivity (Wildman–Crippen MR) is 87.3 cm³/mol.